The first-order chi connectivity index (χ1) is 9.67. The van der Waals surface area contributed by atoms with Crippen molar-refractivity contribution in [1.82, 2.24) is 5.32 Å². The summed E-state index contributed by atoms with van der Waals surface area (Å²) >= 11 is 2.20. The minimum atomic E-state index is -0.0182. The Bertz CT molecular complexity index is 658. The second kappa shape index (κ2) is 5.44. The molecule has 0 saturated heterocycles. The molecule has 1 aromatic rings. The Morgan fingerprint density at radius 1 is 1.45 bits per heavy atom. The maximum atomic E-state index is 12.3. The third kappa shape index (κ3) is 2.52. The van der Waals surface area contributed by atoms with Gasteiger partial charge in [-0.25, -0.2) is 0 Å². The quantitative estimate of drug-likeness (QED) is 0.632. The molecular formula is C16H14INO2. The molecule has 0 fully saturated rings. The van der Waals surface area contributed by atoms with E-state index < -0.39 is 0 Å². The minimum Gasteiger partial charge on any atom is -0.453 e. The smallest absolute Gasteiger partial charge is 0.231 e. The number of ether oxygens (including phenoxy) is 1. The van der Waals surface area contributed by atoms with Gasteiger partial charge in [-0.1, -0.05) is 12.2 Å². The van der Waals surface area contributed by atoms with Crippen LogP contribution in [0.1, 0.15) is 16.8 Å². The molecule has 1 heterocycles. The zero-order valence-electron chi connectivity index (χ0n) is 11.0. The Hall–Kier alpha value is -1.56. The van der Waals surface area contributed by atoms with Crippen LogP contribution < -0.4 is 10.1 Å². The van der Waals surface area contributed by atoms with E-state index in [-0.39, 0.29) is 11.7 Å². The summed E-state index contributed by atoms with van der Waals surface area (Å²) in [7, 11) is 1.90. The van der Waals surface area contributed by atoms with Gasteiger partial charge in [0.15, 0.2) is 5.76 Å². The zero-order valence-corrected chi connectivity index (χ0v) is 13.2. The molecular weight excluding hydrogens is 365 g/mol. The van der Waals surface area contributed by atoms with Crippen LogP contribution in [0.4, 0.5) is 0 Å². The van der Waals surface area contributed by atoms with Crippen molar-refractivity contribution in [1.29, 1.82) is 0 Å². The molecule has 1 unspecified atom stereocenters. The molecule has 2 aliphatic rings. The Labute approximate surface area is 131 Å². The number of hydrogen-bond donors (Lipinski definition) is 1. The van der Waals surface area contributed by atoms with Gasteiger partial charge in [-0.05, 0) is 59.4 Å². The van der Waals surface area contributed by atoms with Crippen molar-refractivity contribution < 1.29 is 9.53 Å². The van der Waals surface area contributed by atoms with Gasteiger partial charge in [0.1, 0.15) is 5.75 Å². The highest BCUT2D eigenvalue weighted by Gasteiger charge is 2.28. The molecule has 0 bridgehead atoms. The molecule has 0 saturated carbocycles. The van der Waals surface area contributed by atoms with Gasteiger partial charge in [-0.2, -0.15) is 0 Å². The molecule has 4 heteroatoms. The average molecular weight is 379 g/mol. The molecule has 102 valence electrons. The molecule has 1 N–H and O–H groups in total. The largest absolute Gasteiger partial charge is 0.453 e. The van der Waals surface area contributed by atoms with E-state index in [4.69, 9.17) is 4.74 Å². The molecule has 1 atom stereocenters. The number of allylic oxidation sites excluding steroid dienone is 5. The lowest BCUT2D eigenvalue weighted by molar-refractivity contribution is 0.101. The fourth-order valence-corrected chi connectivity index (χ4v) is 2.81. The summed E-state index contributed by atoms with van der Waals surface area (Å²) in [6.07, 6.45) is 9.02. The second-order valence-electron chi connectivity index (χ2n) is 4.77. The molecule has 0 aromatic heterocycles. The van der Waals surface area contributed by atoms with E-state index in [2.05, 4.69) is 40.1 Å². The molecule has 20 heavy (non-hydrogen) atoms. The molecule has 1 aliphatic carbocycles. The van der Waals surface area contributed by atoms with Gasteiger partial charge in [0.25, 0.3) is 0 Å². The number of fused-ring (bicyclic) bond motifs is 1. The van der Waals surface area contributed by atoms with Crippen LogP contribution in [0.2, 0.25) is 0 Å². The van der Waals surface area contributed by atoms with Crippen LogP contribution in [-0.2, 0) is 0 Å². The van der Waals surface area contributed by atoms with E-state index >= 15 is 0 Å². The summed E-state index contributed by atoms with van der Waals surface area (Å²) in [6, 6.07) is 5.67. The van der Waals surface area contributed by atoms with Crippen molar-refractivity contribution in [3.05, 3.63) is 63.1 Å². The molecule has 0 radical (unpaired) electrons. The molecule has 3 rings (SSSR count). The summed E-state index contributed by atoms with van der Waals surface area (Å²) in [6.45, 7) is 0. The molecule has 1 aromatic carbocycles. The van der Waals surface area contributed by atoms with E-state index in [0.717, 1.165) is 15.7 Å². The van der Waals surface area contributed by atoms with Crippen LogP contribution in [0, 0.1) is 9.49 Å². The minimum absolute atomic E-state index is 0.0182. The first-order valence-corrected chi connectivity index (χ1v) is 7.55. The number of carbonyl (C=O) groups excluding carboxylic acids is 1. The Morgan fingerprint density at radius 2 is 2.30 bits per heavy atom. The van der Waals surface area contributed by atoms with Crippen LogP contribution in [0.5, 0.6) is 5.75 Å². The lowest BCUT2D eigenvalue weighted by atomic mass is 9.97. The topological polar surface area (TPSA) is 38.3 Å². The van der Waals surface area contributed by atoms with Crippen molar-refractivity contribution in [2.75, 3.05) is 7.05 Å². The zero-order chi connectivity index (χ0) is 14.1. The SMILES string of the molecule is CNC1=CCC(/C=C2\Oc3ccc(I)cc3C2=O)C=C1. The van der Waals surface area contributed by atoms with Gasteiger partial charge in [-0.15, -0.1) is 0 Å². The normalized spacial score (nSPS) is 22.5. The van der Waals surface area contributed by atoms with Gasteiger partial charge >= 0.3 is 0 Å². The number of likely N-dealkylation sites (N-methyl/N-ethyl adjacent to an activating group) is 1. The van der Waals surface area contributed by atoms with Gasteiger partial charge in [0, 0.05) is 22.2 Å². The van der Waals surface area contributed by atoms with E-state index in [1.54, 1.807) is 0 Å². The van der Waals surface area contributed by atoms with Crippen LogP contribution in [0.25, 0.3) is 0 Å². The van der Waals surface area contributed by atoms with Gasteiger partial charge < -0.3 is 10.1 Å². The number of ketones is 1. The molecule has 0 spiro atoms. The predicted octanol–water partition coefficient (Wildman–Crippen LogP) is 3.43. The number of halogens is 1. The van der Waals surface area contributed by atoms with Crippen LogP contribution in [-0.4, -0.2) is 12.8 Å². The first kappa shape index (κ1) is 13.4. The van der Waals surface area contributed by atoms with E-state index in [9.17, 15) is 4.79 Å². The van der Waals surface area contributed by atoms with E-state index in [1.165, 1.54) is 0 Å². The van der Waals surface area contributed by atoms with E-state index in [0.29, 0.717) is 17.1 Å². The van der Waals surface area contributed by atoms with E-state index in [1.807, 2.05) is 37.4 Å². The second-order valence-corrected chi connectivity index (χ2v) is 6.02. The maximum Gasteiger partial charge on any atom is 0.231 e. The number of rotatable bonds is 2. The van der Waals surface area contributed by atoms with Gasteiger partial charge in [0.05, 0.1) is 5.56 Å². The van der Waals surface area contributed by atoms with Crippen molar-refractivity contribution >= 4 is 28.4 Å². The van der Waals surface area contributed by atoms with Crippen LogP contribution >= 0.6 is 22.6 Å². The highest BCUT2D eigenvalue weighted by molar-refractivity contribution is 14.1. The highest BCUT2D eigenvalue weighted by atomic mass is 127. The standard InChI is InChI=1S/C16H14INO2/c1-18-12-5-2-10(3-6-12)8-15-16(19)13-9-11(17)4-7-14(13)20-15/h2,4-10,18H,3H2,1H3/b15-8-. The summed E-state index contributed by atoms with van der Waals surface area (Å²) in [5.74, 6) is 1.29. The van der Waals surface area contributed by atoms with Crippen molar-refractivity contribution in [2.24, 2.45) is 5.92 Å². The molecule has 0 amide bonds. The fourth-order valence-electron chi connectivity index (χ4n) is 2.32. The summed E-state index contributed by atoms with van der Waals surface area (Å²) in [4.78, 5) is 12.3. The maximum absolute atomic E-state index is 12.3. The molecule has 1 aliphatic heterocycles. The molecule has 3 nitrogen and oxygen atoms in total. The fraction of sp³-hybridized carbons (Fsp3) is 0.188. The summed E-state index contributed by atoms with van der Waals surface area (Å²) in [5.41, 5.74) is 1.77. The summed E-state index contributed by atoms with van der Waals surface area (Å²) < 4.78 is 6.71. The number of benzene rings is 1. The van der Waals surface area contributed by atoms with Crippen LogP contribution in [0.3, 0.4) is 0 Å². The highest BCUT2D eigenvalue weighted by Crippen LogP contribution is 2.33. The lowest BCUT2D eigenvalue weighted by Crippen LogP contribution is -2.09. The van der Waals surface area contributed by atoms with Crippen LogP contribution in [0.15, 0.2) is 54.0 Å². The van der Waals surface area contributed by atoms with Gasteiger partial charge in [-0.3, -0.25) is 4.79 Å². The van der Waals surface area contributed by atoms with Crippen molar-refractivity contribution in [3.63, 3.8) is 0 Å². The van der Waals surface area contributed by atoms with Gasteiger partial charge in [0.2, 0.25) is 5.78 Å². The first-order valence-electron chi connectivity index (χ1n) is 6.47. The third-order valence-electron chi connectivity index (χ3n) is 3.42. The average Bonchev–Trinajstić information content (AvgIpc) is 2.76. The number of carbonyl (C=O) groups is 1. The monoisotopic (exact) mass is 379 g/mol. The Balaban J connectivity index is 1.81. The number of hydrogen-bond acceptors (Lipinski definition) is 3. The lowest BCUT2D eigenvalue weighted by Gasteiger charge is -2.12. The Kier molecular flexibility index (Phi) is 3.65. The number of nitrogens with one attached hydrogen (secondary N) is 1. The van der Waals surface area contributed by atoms with Crippen molar-refractivity contribution in [3.8, 4) is 5.75 Å². The predicted molar refractivity (Wildman–Crippen MR) is 86.6 cm³/mol. The number of Topliss-reactive ketones (excluding diaryl/α,β-unsaturated/α-hetero) is 1. The summed E-state index contributed by atoms with van der Waals surface area (Å²) in [5, 5.41) is 3.10. The van der Waals surface area contributed by atoms with Crippen molar-refractivity contribution in [2.45, 2.75) is 6.42 Å². The third-order valence-corrected chi connectivity index (χ3v) is 4.09. The Morgan fingerprint density at radius 3 is 3.00 bits per heavy atom.